The molecule has 0 amide bonds. The fourth-order valence-corrected chi connectivity index (χ4v) is 1.96. The zero-order valence-electron chi connectivity index (χ0n) is 8.56. The van der Waals surface area contributed by atoms with Crippen molar-refractivity contribution in [3.05, 3.63) is 12.3 Å². The third-order valence-electron chi connectivity index (χ3n) is 2.76. The van der Waals surface area contributed by atoms with E-state index in [1.165, 1.54) is 0 Å². The Morgan fingerprint density at radius 3 is 3.07 bits per heavy atom. The maximum atomic E-state index is 9.37. The van der Waals surface area contributed by atoms with Gasteiger partial charge in [0.1, 0.15) is 5.82 Å². The minimum absolute atomic E-state index is 0.118. The van der Waals surface area contributed by atoms with Gasteiger partial charge in [0, 0.05) is 12.7 Å². The zero-order valence-corrected chi connectivity index (χ0v) is 8.56. The molecule has 0 aromatic carbocycles. The maximum Gasteiger partial charge on any atom is 0.221 e. The van der Waals surface area contributed by atoms with Crippen molar-refractivity contribution in [1.29, 1.82) is 0 Å². The van der Waals surface area contributed by atoms with Crippen LogP contribution in [0.3, 0.4) is 0 Å². The van der Waals surface area contributed by atoms with Gasteiger partial charge in [0.2, 0.25) is 5.95 Å². The summed E-state index contributed by atoms with van der Waals surface area (Å²) in [4.78, 5) is 7.86. The summed E-state index contributed by atoms with van der Waals surface area (Å²) < 4.78 is 0. The number of hydrogen-bond donors (Lipinski definition) is 3. The number of nitrogen functional groups attached to an aromatic ring is 1. The molecule has 5 nitrogen and oxygen atoms in total. The SMILES string of the molecule is Nc1nccc(NCC2CCC(O)C2)n1. The number of nitrogens with two attached hydrogens (primary N) is 1. The van der Waals surface area contributed by atoms with Gasteiger partial charge in [-0.15, -0.1) is 0 Å². The van der Waals surface area contributed by atoms with Crippen molar-refractivity contribution < 1.29 is 5.11 Å². The summed E-state index contributed by atoms with van der Waals surface area (Å²) in [6.07, 6.45) is 4.39. The molecule has 0 aliphatic heterocycles. The average Bonchev–Trinajstić information content (AvgIpc) is 2.62. The van der Waals surface area contributed by atoms with E-state index in [1.54, 1.807) is 12.3 Å². The van der Waals surface area contributed by atoms with Crippen LogP contribution in [0.1, 0.15) is 19.3 Å². The molecule has 1 aromatic rings. The lowest BCUT2D eigenvalue weighted by atomic mass is 10.1. The molecule has 1 aliphatic rings. The molecule has 0 saturated heterocycles. The maximum absolute atomic E-state index is 9.37. The van der Waals surface area contributed by atoms with Gasteiger partial charge in [-0.2, -0.15) is 4.98 Å². The normalized spacial score (nSPS) is 25.4. The Labute approximate surface area is 88.7 Å². The second kappa shape index (κ2) is 4.44. The third kappa shape index (κ3) is 2.79. The van der Waals surface area contributed by atoms with Gasteiger partial charge >= 0.3 is 0 Å². The van der Waals surface area contributed by atoms with Crippen molar-refractivity contribution >= 4 is 11.8 Å². The Kier molecular flexibility index (Phi) is 3.01. The molecule has 1 saturated carbocycles. The topological polar surface area (TPSA) is 84.1 Å². The first-order valence-electron chi connectivity index (χ1n) is 5.24. The molecular weight excluding hydrogens is 192 g/mol. The first-order valence-corrected chi connectivity index (χ1v) is 5.24. The molecule has 2 rings (SSSR count). The van der Waals surface area contributed by atoms with Gasteiger partial charge in [-0.3, -0.25) is 0 Å². The van der Waals surface area contributed by atoms with E-state index < -0.39 is 0 Å². The van der Waals surface area contributed by atoms with Crippen LogP contribution in [-0.4, -0.2) is 27.7 Å². The van der Waals surface area contributed by atoms with Gasteiger partial charge in [0.05, 0.1) is 6.10 Å². The van der Waals surface area contributed by atoms with E-state index >= 15 is 0 Å². The minimum Gasteiger partial charge on any atom is -0.393 e. The molecular formula is C10H16N4O. The summed E-state index contributed by atoms with van der Waals surface area (Å²) in [6.45, 7) is 0.841. The molecule has 0 radical (unpaired) electrons. The van der Waals surface area contributed by atoms with Crippen molar-refractivity contribution in [3.8, 4) is 0 Å². The minimum atomic E-state index is -0.118. The van der Waals surface area contributed by atoms with Crippen molar-refractivity contribution in [1.82, 2.24) is 9.97 Å². The van der Waals surface area contributed by atoms with Crippen LogP contribution in [0.15, 0.2) is 12.3 Å². The molecule has 0 spiro atoms. The Morgan fingerprint density at radius 1 is 1.53 bits per heavy atom. The van der Waals surface area contributed by atoms with E-state index in [-0.39, 0.29) is 12.1 Å². The smallest absolute Gasteiger partial charge is 0.221 e. The number of rotatable bonds is 3. The molecule has 1 aliphatic carbocycles. The van der Waals surface area contributed by atoms with Crippen molar-refractivity contribution in [2.24, 2.45) is 5.92 Å². The molecule has 2 atom stereocenters. The highest BCUT2D eigenvalue weighted by atomic mass is 16.3. The molecule has 82 valence electrons. The highest BCUT2D eigenvalue weighted by molar-refractivity contribution is 5.37. The molecule has 1 fully saturated rings. The molecule has 15 heavy (non-hydrogen) atoms. The highest BCUT2D eigenvalue weighted by Crippen LogP contribution is 2.25. The number of nitrogens with one attached hydrogen (secondary N) is 1. The van der Waals surface area contributed by atoms with Crippen molar-refractivity contribution in [3.63, 3.8) is 0 Å². The van der Waals surface area contributed by atoms with E-state index in [1.807, 2.05) is 0 Å². The lowest BCUT2D eigenvalue weighted by Gasteiger charge is -2.11. The number of nitrogens with zero attached hydrogens (tertiary/aromatic N) is 2. The lowest BCUT2D eigenvalue weighted by Crippen LogP contribution is -2.13. The molecule has 4 N–H and O–H groups in total. The van der Waals surface area contributed by atoms with E-state index in [4.69, 9.17) is 5.73 Å². The molecule has 1 heterocycles. The monoisotopic (exact) mass is 208 g/mol. The van der Waals surface area contributed by atoms with Gasteiger partial charge in [-0.05, 0) is 31.2 Å². The average molecular weight is 208 g/mol. The lowest BCUT2D eigenvalue weighted by molar-refractivity contribution is 0.178. The number of hydrogen-bond acceptors (Lipinski definition) is 5. The zero-order chi connectivity index (χ0) is 10.7. The summed E-state index contributed by atoms with van der Waals surface area (Å²) in [5.74, 6) is 1.58. The third-order valence-corrected chi connectivity index (χ3v) is 2.76. The summed E-state index contributed by atoms with van der Waals surface area (Å²) in [5, 5.41) is 12.6. The summed E-state index contributed by atoms with van der Waals surface area (Å²) in [6, 6.07) is 1.79. The standard InChI is InChI=1S/C10H16N4O/c11-10-12-4-3-9(14-10)13-6-7-1-2-8(15)5-7/h3-4,7-8,15H,1-2,5-6H2,(H3,11,12,13,14). The van der Waals surface area contributed by atoms with Crippen LogP contribution in [-0.2, 0) is 0 Å². The van der Waals surface area contributed by atoms with Gasteiger partial charge in [-0.1, -0.05) is 0 Å². The van der Waals surface area contributed by atoms with Crippen molar-refractivity contribution in [2.75, 3.05) is 17.6 Å². The van der Waals surface area contributed by atoms with Crippen LogP contribution in [0.25, 0.3) is 0 Å². The quantitative estimate of drug-likeness (QED) is 0.678. The second-order valence-electron chi connectivity index (χ2n) is 4.01. The van der Waals surface area contributed by atoms with E-state index in [0.29, 0.717) is 5.92 Å². The predicted molar refractivity (Wildman–Crippen MR) is 58.3 cm³/mol. The second-order valence-corrected chi connectivity index (χ2v) is 4.01. The van der Waals surface area contributed by atoms with E-state index in [0.717, 1.165) is 31.6 Å². The molecule has 2 unspecified atom stereocenters. The summed E-state index contributed by atoms with van der Waals surface area (Å²) >= 11 is 0. The van der Waals surface area contributed by atoms with Gasteiger partial charge in [0.25, 0.3) is 0 Å². The Hall–Kier alpha value is -1.36. The van der Waals surface area contributed by atoms with Gasteiger partial charge in [-0.25, -0.2) is 4.98 Å². The van der Waals surface area contributed by atoms with Crippen LogP contribution >= 0.6 is 0 Å². The first kappa shape index (κ1) is 10.2. The largest absolute Gasteiger partial charge is 0.393 e. The first-order chi connectivity index (χ1) is 7.24. The Balaban J connectivity index is 1.83. The fraction of sp³-hybridized carbons (Fsp3) is 0.600. The molecule has 5 heteroatoms. The van der Waals surface area contributed by atoms with Crippen LogP contribution in [0.2, 0.25) is 0 Å². The van der Waals surface area contributed by atoms with Crippen molar-refractivity contribution in [2.45, 2.75) is 25.4 Å². The van der Waals surface area contributed by atoms with E-state index in [9.17, 15) is 5.11 Å². The number of anilines is 2. The van der Waals surface area contributed by atoms with Crippen LogP contribution in [0.5, 0.6) is 0 Å². The number of aliphatic hydroxyl groups excluding tert-OH is 1. The number of aromatic nitrogens is 2. The van der Waals surface area contributed by atoms with Gasteiger partial charge < -0.3 is 16.2 Å². The molecule has 0 bridgehead atoms. The predicted octanol–water partition coefficient (Wildman–Crippen LogP) is 0.632. The van der Waals surface area contributed by atoms with E-state index in [2.05, 4.69) is 15.3 Å². The van der Waals surface area contributed by atoms with Gasteiger partial charge in [0.15, 0.2) is 0 Å². The summed E-state index contributed by atoms with van der Waals surface area (Å²) in [5.41, 5.74) is 5.46. The Morgan fingerprint density at radius 2 is 2.40 bits per heavy atom. The fourth-order valence-electron chi connectivity index (χ4n) is 1.96. The van der Waals surface area contributed by atoms with Crippen LogP contribution < -0.4 is 11.1 Å². The Bertz CT molecular complexity index is 331. The number of aliphatic hydroxyl groups is 1. The molecule has 1 aromatic heterocycles. The highest BCUT2D eigenvalue weighted by Gasteiger charge is 2.22. The summed E-state index contributed by atoms with van der Waals surface area (Å²) in [7, 11) is 0. The van der Waals surface area contributed by atoms with Crippen LogP contribution in [0.4, 0.5) is 11.8 Å². The van der Waals surface area contributed by atoms with Crippen LogP contribution in [0, 0.1) is 5.92 Å².